The molecule has 2 N–H and O–H groups in total. The minimum Gasteiger partial charge on any atom is -0.494 e. The van der Waals surface area contributed by atoms with E-state index in [1.165, 1.54) is 0 Å². The summed E-state index contributed by atoms with van der Waals surface area (Å²) in [4.78, 5) is 16.9. The number of para-hydroxylation sites is 1. The fraction of sp³-hybridized carbons (Fsp3) is 0.562. The Morgan fingerprint density at radius 2 is 1.95 bits per heavy atom. The Bertz CT molecular complexity index is 494. The Morgan fingerprint density at radius 1 is 1.29 bits per heavy atom. The Morgan fingerprint density at radius 3 is 2.52 bits per heavy atom. The van der Waals surface area contributed by atoms with Gasteiger partial charge in [-0.15, -0.1) is 0 Å². The standard InChI is InChI=1S/C16H25N3O2/c1-12(2)11-18-7-9-19(10-8-18)16(20)13-5-4-6-14(17)15(13)21-3/h4-6,12H,7-11,17H2,1-3H3. The molecule has 1 heterocycles. The number of nitrogen functional groups attached to an aromatic ring is 1. The number of anilines is 1. The van der Waals surface area contributed by atoms with Crippen LogP contribution in [0.15, 0.2) is 18.2 Å². The smallest absolute Gasteiger partial charge is 0.257 e. The molecule has 1 saturated heterocycles. The summed E-state index contributed by atoms with van der Waals surface area (Å²) in [6.07, 6.45) is 0. The molecule has 1 aromatic carbocycles. The fourth-order valence-corrected chi connectivity index (χ4v) is 2.77. The number of nitrogens with two attached hydrogens (primary N) is 1. The third kappa shape index (κ3) is 3.67. The highest BCUT2D eigenvalue weighted by Crippen LogP contribution is 2.27. The third-order valence-corrected chi connectivity index (χ3v) is 3.76. The molecule has 116 valence electrons. The van der Waals surface area contributed by atoms with Crippen molar-refractivity contribution >= 4 is 11.6 Å². The summed E-state index contributed by atoms with van der Waals surface area (Å²) >= 11 is 0. The van der Waals surface area contributed by atoms with Crippen LogP contribution in [0, 0.1) is 5.92 Å². The second-order valence-electron chi connectivity index (χ2n) is 5.91. The summed E-state index contributed by atoms with van der Waals surface area (Å²) in [5.41, 5.74) is 6.92. The molecule has 0 bridgehead atoms. The lowest BCUT2D eigenvalue weighted by molar-refractivity contribution is 0.0621. The van der Waals surface area contributed by atoms with Gasteiger partial charge in [-0.1, -0.05) is 19.9 Å². The van der Waals surface area contributed by atoms with E-state index in [-0.39, 0.29) is 5.91 Å². The molecule has 1 aliphatic heterocycles. The predicted octanol–water partition coefficient (Wildman–Crippen LogP) is 1.69. The van der Waals surface area contributed by atoms with Gasteiger partial charge in [-0.3, -0.25) is 9.69 Å². The molecule has 1 fully saturated rings. The van der Waals surface area contributed by atoms with Gasteiger partial charge in [-0.2, -0.15) is 0 Å². The SMILES string of the molecule is COc1c(N)cccc1C(=O)N1CCN(CC(C)C)CC1. The van der Waals surface area contributed by atoms with Crippen molar-refractivity contribution in [3.8, 4) is 5.75 Å². The van der Waals surface area contributed by atoms with Crippen molar-refractivity contribution in [2.75, 3.05) is 45.6 Å². The molecule has 0 radical (unpaired) electrons. The molecule has 21 heavy (non-hydrogen) atoms. The quantitative estimate of drug-likeness (QED) is 0.858. The van der Waals surface area contributed by atoms with Crippen LogP contribution in [0.2, 0.25) is 0 Å². The Balaban J connectivity index is 2.04. The van der Waals surface area contributed by atoms with E-state index in [2.05, 4.69) is 18.7 Å². The van der Waals surface area contributed by atoms with E-state index >= 15 is 0 Å². The number of rotatable bonds is 4. The van der Waals surface area contributed by atoms with Crippen molar-refractivity contribution in [3.05, 3.63) is 23.8 Å². The molecule has 0 atom stereocenters. The first-order chi connectivity index (χ1) is 10.0. The topological polar surface area (TPSA) is 58.8 Å². The van der Waals surface area contributed by atoms with Crippen LogP contribution in [0.4, 0.5) is 5.69 Å². The summed E-state index contributed by atoms with van der Waals surface area (Å²) in [5.74, 6) is 1.14. The lowest BCUT2D eigenvalue weighted by Crippen LogP contribution is -2.49. The molecule has 0 aromatic heterocycles. The highest BCUT2D eigenvalue weighted by atomic mass is 16.5. The molecule has 1 aromatic rings. The summed E-state index contributed by atoms with van der Waals surface area (Å²) in [7, 11) is 1.54. The van der Waals surface area contributed by atoms with E-state index in [4.69, 9.17) is 10.5 Å². The molecular weight excluding hydrogens is 266 g/mol. The van der Waals surface area contributed by atoms with Gasteiger partial charge >= 0.3 is 0 Å². The summed E-state index contributed by atoms with van der Waals surface area (Å²) in [6.45, 7) is 8.88. The zero-order valence-electron chi connectivity index (χ0n) is 13.1. The van der Waals surface area contributed by atoms with Gasteiger partial charge < -0.3 is 15.4 Å². The Labute approximate surface area is 126 Å². The number of amides is 1. The van der Waals surface area contributed by atoms with Gasteiger partial charge in [-0.05, 0) is 18.1 Å². The molecule has 1 aliphatic rings. The predicted molar refractivity (Wildman–Crippen MR) is 84.6 cm³/mol. The molecular formula is C16H25N3O2. The maximum atomic E-state index is 12.6. The highest BCUT2D eigenvalue weighted by molar-refractivity contribution is 5.98. The number of carbonyl (C=O) groups is 1. The molecule has 2 rings (SSSR count). The van der Waals surface area contributed by atoms with Gasteiger partial charge in [0.1, 0.15) is 0 Å². The molecule has 0 saturated carbocycles. The maximum Gasteiger partial charge on any atom is 0.257 e. The number of hydrogen-bond donors (Lipinski definition) is 1. The Kier molecular flexibility index (Phi) is 5.07. The molecule has 0 aliphatic carbocycles. The molecule has 0 spiro atoms. The molecule has 0 unspecified atom stereocenters. The number of nitrogens with zero attached hydrogens (tertiary/aromatic N) is 2. The average molecular weight is 291 g/mol. The monoisotopic (exact) mass is 291 g/mol. The zero-order chi connectivity index (χ0) is 15.4. The van der Waals surface area contributed by atoms with Crippen molar-refractivity contribution in [2.24, 2.45) is 5.92 Å². The second kappa shape index (κ2) is 6.80. The second-order valence-corrected chi connectivity index (χ2v) is 5.91. The Hall–Kier alpha value is -1.75. The fourth-order valence-electron chi connectivity index (χ4n) is 2.77. The van der Waals surface area contributed by atoms with Gasteiger partial charge in [0.05, 0.1) is 18.4 Å². The van der Waals surface area contributed by atoms with Crippen LogP contribution in [-0.2, 0) is 0 Å². The number of carbonyl (C=O) groups excluding carboxylic acids is 1. The van der Waals surface area contributed by atoms with Crippen LogP contribution in [0.25, 0.3) is 0 Å². The van der Waals surface area contributed by atoms with Crippen LogP contribution >= 0.6 is 0 Å². The van der Waals surface area contributed by atoms with Crippen LogP contribution in [0.5, 0.6) is 5.75 Å². The normalized spacial score (nSPS) is 16.3. The summed E-state index contributed by atoms with van der Waals surface area (Å²) in [6, 6.07) is 5.31. The van der Waals surface area contributed by atoms with Crippen molar-refractivity contribution < 1.29 is 9.53 Å². The minimum atomic E-state index is 0.00310. The summed E-state index contributed by atoms with van der Waals surface area (Å²) < 4.78 is 5.28. The number of piperazine rings is 1. The van der Waals surface area contributed by atoms with Gasteiger partial charge in [0, 0.05) is 32.7 Å². The number of methoxy groups -OCH3 is 1. The van der Waals surface area contributed by atoms with Crippen LogP contribution in [0.3, 0.4) is 0 Å². The number of ether oxygens (including phenoxy) is 1. The summed E-state index contributed by atoms with van der Waals surface area (Å²) in [5, 5.41) is 0. The van der Waals surface area contributed by atoms with Gasteiger partial charge in [0.25, 0.3) is 5.91 Å². The molecule has 1 amide bonds. The first-order valence-electron chi connectivity index (χ1n) is 7.47. The van der Waals surface area contributed by atoms with E-state index in [9.17, 15) is 4.79 Å². The maximum absolute atomic E-state index is 12.6. The van der Waals surface area contributed by atoms with Crippen LogP contribution in [-0.4, -0.2) is 55.5 Å². The van der Waals surface area contributed by atoms with Gasteiger partial charge in [-0.25, -0.2) is 0 Å². The van der Waals surface area contributed by atoms with E-state index in [1.54, 1.807) is 25.3 Å². The zero-order valence-corrected chi connectivity index (χ0v) is 13.1. The average Bonchev–Trinajstić information content (AvgIpc) is 2.46. The first kappa shape index (κ1) is 15.6. The number of benzene rings is 1. The van der Waals surface area contributed by atoms with E-state index in [1.807, 2.05) is 4.90 Å². The third-order valence-electron chi connectivity index (χ3n) is 3.76. The van der Waals surface area contributed by atoms with Crippen LogP contribution in [0.1, 0.15) is 24.2 Å². The van der Waals surface area contributed by atoms with Crippen molar-refractivity contribution in [1.29, 1.82) is 0 Å². The van der Waals surface area contributed by atoms with E-state index < -0.39 is 0 Å². The highest BCUT2D eigenvalue weighted by Gasteiger charge is 2.25. The lowest BCUT2D eigenvalue weighted by atomic mass is 10.1. The molecule has 5 nitrogen and oxygen atoms in total. The van der Waals surface area contributed by atoms with Crippen molar-refractivity contribution in [3.63, 3.8) is 0 Å². The van der Waals surface area contributed by atoms with Gasteiger partial charge in [0.15, 0.2) is 5.75 Å². The first-order valence-corrected chi connectivity index (χ1v) is 7.47. The van der Waals surface area contributed by atoms with Crippen molar-refractivity contribution in [2.45, 2.75) is 13.8 Å². The lowest BCUT2D eigenvalue weighted by Gasteiger charge is -2.35. The van der Waals surface area contributed by atoms with E-state index in [0.29, 0.717) is 22.9 Å². The largest absolute Gasteiger partial charge is 0.494 e. The number of hydrogen-bond acceptors (Lipinski definition) is 4. The van der Waals surface area contributed by atoms with E-state index in [0.717, 1.165) is 32.7 Å². The van der Waals surface area contributed by atoms with Crippen LogP contribution < -0.4 is 10.5 Å². The van der Waals surface area contributed by atoms with Crippen molar-refractivity contribution in [1.82, 2.24) is 9.80 Å². The molecule has 5 heteroatoms. The minimum absolute atomic E-state index is 0.00310. The van der Waals surface area contributed by atoms with Gasteiger partial charge in [0.2, 0.25) is 0 Å².